The molecule has 4 heteroatoms. The summed E-state index contributed by atoms with van der Waals surface area (Å²) in [6.07, 6.45) is 1.78. The SMILES string of the molecule is COCCN(CCO)c1ccnc(C)c1. The van der Waals surface area contributed by atoms with Crippen LogP contribution >= 0.6 is 0 Å². The first-order valence-electron chi connectivity index (χ1n) is 5.05. The van der Waals surface area contributed by atoms with Gasteiger partial charge in [-0.1, -0.05) is 0 Å². The average Bonchev–Trinajstić information content (AvgIpc) is 2.24. The predicted molar refractivity (Wildman–Crippen MR) is 60.1 cm³/mol. The number of aliphatic hydroxyl groups is 1. The van der Waals surface area contributed by atoms with Gasteiger partial charge in [0.15, 0.2) is 0 Å². The minimum Gasteiger partial charge on any atom is -0.395 e. The van der Waals surface area contributed by atoms with Gasteiger partial charge >= 0.3 is 0 Å². The molecule has 0 radical (unpaired) electrons. The van der Waals surface area contributed by atoms with Crippen LogP contribution in [0.5, 0.6) is 0 Å². The van der Waals surface area contributed by atoms with Gasteiger partial charge in [0.05, 0.1) is 13.2 Å². The maximum Gasteiger partial charge on any atom is 0.0637 e. The highest BCUT2D eigenvalue weighted by atomic mass is 16.5. The highest BCUT2D eigenvalue weighted by molar-refractivity contribution is 5.46. The third kappa shape index (κ3) is 3.85. The van der Waals surface area contributed by atoms with Gasteiger partial charge in [-0.15, -0.1) is 0 Å². The molecule has 1 aromatic heterocycles. The zero-order valence-corrected chi connectivity index (χ0v) is 9.31. The first-order chi connectivity index (χ1) is 7.27. The Balaban J connectivity index is 2.69. The molecule has 1 rings (SSSR count). The second-order valence-electron chi connectivity index (χ2n) is 3.36. The summed E-state index contributed by atoms with van der Waals surface area (Å²) < 4.78 is 5.03. The molecule has 0 saturated carbocycles. The molecule has 1 aromatic rings. The summed E-state index contributed by atoms with van der Waals surface area (Å²) >= 11 is 0. The van der Waals surface area contributed by atoms with E-state index in [9.17, 15) is 0 Å². The summed E-state index contributed by atoms with van der Waals surface area (Å²) in [4.78, 5) is 6.22. The van der Waals surface area contributed by atoms with Crippen LogP contribution in [0.15, 0.2) is 18.3 Å². The number of anilines is 1. The Hall–Kier alpha value is -1.13. The van der Waals surface area contributed by atoms with E-state index in [4.69, 9.17) is 9.84 Å². The minimum atomic E-state index is 0.144. The number of pyridine rings is 1. The summed E-state index contributed by atoms with van der Waals surface area (Å²) in [5.41, 5.74) is 2.06. The number of aryl methyl sites for hydroxylation is 1. The van der Waals surface area contributed by atoms with Gasteiger partial charge in [0, 0.05) is 37.8 Å². The van der Waals surface area contributed by atoms with Crippen LogP contribution in [-0.2, 0) is 4.74 Å². The monoisotopic (exact) mass is 210 g/mol. The van der Waals surface area contributed by atoms with Crippen LogP contribution < -0.4 is 4.90 Å². The van der Waals surface area contributed by atoms with E-state index in [0.29, 0.717) is 13.2 Å². The lowest BCUT2D eigenvalue weighted by Crippen LogP contribution is -2.30. The van der Waals surface area contributed by atoms with Crippen molar-refractivity contribution in [2.75, 3.05) is 38.3 Å². The standard InChI is InChI=1S/C11H18N2O2/c1-10-9-11(3-4-12-10)13(5-7-14)6-8-15-2/h3-4,9,14H,5-8H2,1-2H3. The van der Waals surface area contributed by atoms with Crippen molar-refractivity contribution in [3.05, 3.63) is 24.0 Å². The quantitative estimate of drug-likeness (QED) is 0.755. The van der Waals surface area contributed by atoms with E-state index in [1.165, 1.54) is 0 Å². The summed E-state index contributed by atoms with van der Waals surface area (Å²) in [7, 11) is 1.68. The van der Waals surface area contributed by atoms with Gasteiger partial charge in [0.25, 0.3) is 0 Å². The van der Waals surface area contributed by atoms with Crippen LogP contribution in [0.25, 0.3) is 0 Å². The van der Waals surface area contributed by atoms with Crippen LogP contribution in [-0.4, -0.2) is 43.5 Å². The molecule has 0 atom stereocenters. The van der Waals surface area contributed by atoms with Crippen molar-refractivity contribution in [2.24, 2.45) is 0 Å². The fourth-order valence-electron chi connectivity index (χ4n) is 1.42. The second-order valence-corrected chi connectivity index (χ2v) is 3.36. The van der Waals surface area contributed by atoms with Crippen molar-refractivity contribution in [3.63, 3.8) is 0 Å². The first-order valence-corrected chi connectivity index (χ1v) is 5.05. The third-order valence-electron chi connectivity index (χ3n) is 2.18. The average molecular weight is 210 g/mol. The molecule has 0 spiro atoms. The lowest BCUT2D eigenvalue weighted by molar-refractivity contribution is 0.203. The van der Waals surface area contributed by atoms with Crippen LogP contribution in [0.4, 0.5) is 5.69 Å². The zero-order chi connectivity index (χ0) is 11.1. The Bertz CT molecular complexity index is 292. The van der Waals surface area contributed by atoms with Crippen LogP contribution in [0.2, 0.25) is 0 Å². The van der Waals surface area contributed by atoms with Gasteiger partial charge < -0.3 is 14.7 Å². The summed E-state index contributed by atoms with van der Waals surface area (Å²) in [6, 6.07) is 3.95. The van der Waals surface area contributed by atoms with E-state index < -0.39 is 0 Å². The van der Waals surface area contributed by atoms with Crippen molar-refractivity contribution >= 4 is 5.69 Å². The number of nitrogens with zero attached hydrogens (tertiary/aromatic N) is 2. The highest BCUT2D eigenvalue weighted by Crippen LogP contribution is 2.13. The lowest BCUT2D eigenvalue weighted by Gasteiger charge is -2.23. The van der Waals surface area contributed by atoms with Crippen molar-refractivity contribution in [1.82, 2.24) is 4.98 Å². The Labute approximate surface area is 90.5 Å². The van der Waals surface area contributed by atoms with Gasteiger partial charge in [-0.3, -0.25) is 4.98 Å². The number of hydrogen-bond donors (Lipinski definition) is 1. The lowest BCUT2D eigenvalue weighted by atomic mass is 10.3. The smallest absolute Gasteiger partial charge is 0.0637 e. The first kappa shape index (κ1) is 11.9. The molecule has 0 amide bonds. The molecule has 15 heavy (non-hydrogen) atoms. The number of methoxy groups -OCH3 is 1. The van der Waals surface area contributed by atoms with Crippen LogP contribution in [0.3, 0.4) is 0 Å². The van der Waals surface area contributed by atoms with Crippen molar-refractivity contribution < 1.29 is 9.84 Å². The van der Waals surface area contributed by atoms with Gasteiger partial charge in [-0.25, -0.2) is 0 Å². The number of aromatic nitrogens is 1. The van der Waals surface area contributed by atoms with E-state index in [0.717, 1.165) is 17.9 Å². The maximum atomic E-state index is 8.97. The molecule has 1 N–H and O–H groups in total. The third-order valence-corrected chi connectivity index (χ3v) is 2.18. The number of rotatable bonds is 6. The molecule has 0 aliphatic carbocycles. The van der Waals surface area contributed by atoms with Gasteiger partial charge in [-0.05, 0) is 19.1 Å². The van der Waals surface area contributed by atoms with Crippen molar-refractivity contribution in [3.8, 4) is 0 Å². The van der Waals surface area contributed by atoms with Gasteiger partial charge in [-0.2, -0.15) is 0 Å². The molecule has 0 aliphatic rings. The number of ether oxygens (including phenoxy) is 1. The number of hydrogen-bond acceptors (Lipinski definition) is 4. The molecule has 0 saturated heterocycles. The number of aliphatic hydroxyl groups excluding tert-OH is 1. The molecular weight excluding hydrogens is 192 g/mol. The predicted octanol–water partition coefficient (Wildman–Crippen LogP) is 0.835. The van der Waals surface area contributed by atoms with Crippen molar-refractivity contribution in [1.29, 1.82) is 0 Å². The van der Waals surface area contributed by atoms with Crippen molar-refractivity contribution in [2.45, 2.75) is 6.92 Å². The van der Waals surface area contributed by atoms with E-state index in [2.05, 4.69) is 9.88 Å². The molecule has 0 bridgehead atoms. The maximum absolute atomic E-state index is 8.97. The molecule has 0 unspecified atom stereocenters. The fourth-order valence-corrected chi connectivity index (χ4v) is 1.42. The molecular formula is C11H18N2O2. The van der Waals surface area contributed by atoms with Crippen LogP contribution in [0.1, 0.15) is 5.69 Å². The Morgan fingerprint density at radius 3 is 2.87 bits per heavy atom. The second kappa shape index (κ2) is 6.37. The molecule has 0 aliphatic heterocycles. The molecule has 84 valence electrons. The van der Waals surface area contributed by atoms with E-state index >= 15 is 0 Å². The topological polar surface area (TPSA) is 45.6 Å². The van der Waals surface area contributed by atoms with E-state index in [1.807, 2.05) is 19.1 Å². The van der Waals surface area contributed by atoms with Gasteiger partial charge in [0.2, 0.25) is 0 Å². The molecule has 0 aromatic carbocycles. The molecule has 4 nitrogen and oxygen atoms in total. The fraction of sp³-hybridized carbons (Fsp3) is 0.545. The Morgan fingerprint density at radius 1 is 1.47 bits per heavy atom. The minimum absolute atomic E-state index is 0.144. The molecule has 0 fully saturated rings. The molecule has 1 heterocycles. The summed E-state index contributed by atoms with van der Waals surface area (Å²) in [5, 5.41) is 8.97. The largest absolute Gasteiger partial charge is 0.395 e. The van der Waals surface area contributed by atoms with E-state index in [-0.39, 0.29) is 6.61 Å². The normalized spacial score (nSPS) is 10.3. The Kier molecular flexibility index (Phi) is 5.07. The summed E-state index contributed by atoms with van der Waals surface area (Å²) in [5.74, 6) is 0. The zero-order valence-electron chi connectivity index (χ0n) is 9.31. The highest BCUT2D eigenvalue weighted by Gasteiger charge is 2.05. The Morgan fingerprint density at radius 2 is 2.27 bits per heavy atom. The van der Waals surface area contributed by atoms with Gasteiger partial charge in [0.1, 0.15) is 0 Å². The van der Waals surface area contributed by atoms with E-state index in [1.54, 1.807) is 13.3 Å². The van der Waals surface area contributed by atoms with Crippen LogP contribution in [0, 0.1) is 6.92 Å². The summed E-state index contributed by atoms with van der Waals surface area (Å²) in [6.45, 7) is 4.15.